The van der Waals surface area contributed by atoms with Gasteiger partial charge in [-0.1, -0.05) is 18.2 Å². The zero-order valence-corrected chi connectivity index (χ0v) is 19.4. The molecule has 0 saturated carbocycles. The molecule has 1 aliphatic carbocycles. The lowest BCUT2D eigenvalue weighted by atomic mass is 10.0. The summed E-state index contributed by atoms with van der Waals surface area (Å²) in [6.45, 7) is 4.64. The summed E-state index contributed by atoms with van der Waals surface area (Å²) in [5.74, 6) is 1.57. The molecule has 0 bridgehead atoms. The predicted octanol–water partition coefficient (Wildman–Crippen LogP) is 5.64. The third-order valence-electron chi connectivity index (χ3n) is 5.82. The fourth-order valence-electron chi connectivity index (χ4n) is 4.35. The first-order chi connectivity index (χ1) is 16.1. The van der Waals surface area contributed by atoms with Crippen molar-refractivity contribution in [2.24, 2.45) is 0 Å². The Labute approximate surface area is 197 Å². The predicted molar refractivity (Wildman–Crippen MR) is 130 cm³/mol. The molecule has 2 N–H and O–H groups in total. The van der Waals surface area contributed by atoms with Crippen molar-refractivity contribution >= 4 is 11.3 Å². The van der Waals surface area contributed by atoms with Gasteiger partial charge in [0.25, 0.3) is 0 Å². The summed E-state index contributed by atoms with van der Waals surface area (Å²) in [6.07, 6.45) is 7.71. The smallest absolute Gasteiger partial charge is 0.137 e. The van der Waals surface area contributed by atoms with E-state index in [1.54, 1.807) is 17.5 Å². The van der Waals surface area contributed by atoms with E-state index in [1.165, 1.54) is 16.7 Å². The Morgan fingerprint density at radius 1 is 1.27 bits per heavy atom. The van der Waals surface area contributed by atoms with Crippen molar-refractivity contribution in [2.45, 2.75) is 45.4 Å². The van der Waals surface area contributed by atoms with Crippen molar-refractivity contribution in [1.82, 2.24) is 20.3 Å². The number of fused-ring (bicyclic) bond motifs is 1. The van der Waals surface area contributed by atoms with Gasteiger partial charge < -0.3 is 15.0 Å². The summed E-state index contributed by atoms with van der Waals surface area (Å²) in [4.78, 5) is 13.3. The molecular weight excluding hydrogens is 430 g/mol. The van der Waals surface area contributed by atoms with Gasteiger partial charge in [-0.25, -0.2) is 9.97 Å². The molecule has 1 unspecified atom stereocenters. The fourth-order valence-corrected chi connectivity index (χ4v) is 5.32. The Balaban J connectivity index is 1.39. The van der Waals surface area contributed by atoms with Gasteiger partial charge >= 0.3 is 0 Å². The van der Waals surface area contributed by atoms with Gasteiger partial charge in [0, 0.05) is 30.2 Å². The van der Waals surface area contributed by atoms with Crippen LogP contribution in [0.3, 0.4) is 0 Å². The highest BCUT2D eigenvalue weighted by Gasteiger charge is 2.25. The molecule has 0 fully saturated rings. The van der Waals surface area contributed by atoms with Crippen molar-refractivity contribution in [3.63, 3.8) is 0 Å². The number of nitrogens with zero attached hydrogens (tertiary/aromatic N) is 3. The summed E-state index contributed by atoms with van der Waals surface area (Å²) in [6, 6.07) is 14.8. The van der Waals surface area contributed by atoms with Crippen LogP contribution in [0.25, 0.3) is 21.0 Å². The van der Waals surface area contributed by atoms with Crippen LogP contribution < -0.4 is 10.1 Å². The summed E-state index contributed by atoms with van der Waals surface area (Å²) < 4.78 is 5.75. The minimum atomic E-state index is 0.0204. The lowest BCUT2D eigenvalue weighted by Gasteiger charge is -2.14. The second kappa shape index (κ2) is 9.18. The number of ether oxygens (including phenoxy) is 1. The summed E-state index contributed by atoms with van der Waals surface area (Å²) in [7, 11) is 0. The van der Waals surface area contributed by atoms with Crippen molar-refractivity contribution in [3.05, 3.63) is 77.5 Å². The minimum absolute atomic E-state index is 0.0204. The Bertz CT molecular complexity index is 1300. The lowest BCUT2D eigenvalue weighted by Crippen LogP contribution is -2.19. The minimum Gasteiger partial charge on any atom is -0.490 e. The van der Waals surface area contributed by atoms with Crippen LogP contribution >= 0.6 is 11.3 Å². The Hall–Kier alpha value is -3.47. The molecule has 33 heavy (non-hydrogen) atoms. The van der Waals surface area contributed by atoms with E-state index in [2.05, 4.69) is 44.5 Å². The SMILES string of the molecule is CC(C)Oc1ccc(-c2ncc(-c3cccc4c3CCC4NCc3ncc[nH]3)s2)cc1C#N. The van der Waals surface area contributed by atoms with Crippen molar-refractivity contribution < 1.29 is 4.74 Å². The maximum absolute atomic E-state index is 9.56. The highest BCUT2D eigenvalue weighted by atomic mass is 32.1. The van der Waals surface area contributed by atoms with Crippen LogP contribution in [0.5, 0.6) is 5.75 Å². The van der Waals surface area contributed by atoms with Gasteiger partial charge in [-0.05, 0) is 61.6 Å². The van der Waals surface area contributed by atoms with E-state index in [9.17, 15) is 5.26 Å². The number of hydrogen-bond acceptors (Lipinski definition) is 6. The molecule has 166 valence electrons. The van der Waals surface area contributed by atoms with Crippen LogP contribution in [0, 0.1) is 11.3 Å². The number of imidazole rings is 1. The first kappa shape index (κ1) is 21.4. The fraction of sp³-hybridized carbons (Fsp3) is 0.269. The molecule has 1 aliphatic rings. The average Bonchev–Trinajstić information content (AvgIpc) is 3.58. The number of aromatic nitrogens is 3. The maximum atomic E-state index is 9.56. The van der Waals surface area contributed by atoms with Gasteiger partial charge in [-0.15, -0.1) is 11.3 Å². The quantitative estimate of drug-likeness (QED) is 0.377. The molecule has 0 saturated heterocycles. The summed E-state index contributed by atoms with van der Waals surface area (Å²) >= 11 is 1.66. The summed E-state index contributed by atoms with van der Waals surface area (Å²) in [5.41, 5.74) is 5.46. The van der Waals surface area contributed by atoms with Crippen LogP contribution in [0.1, 0.15) is 48.8 Å². The number of hydrogen-bond donors (Lipinski definition) is 2. The zero-order chi connectivity index (χ0) is 22.8. The van der Waals surface area contributed by atoms with E-state index in [0.717, 1.165) is 40.7 Å². The second-order valence-electron chi connectivity index (χ2n) is 8.40. The van der Waals surface area contributed by atoms with Crippen LogP contribution in [0.15, 0.2) is 55.0 Å². The number of benzene rings is 2. The molecule has 6 nitrogen and oxygen atoms in total. The zero-order valence-electron chi connectivity index (χ0n) is 18.6. The Morgan fingerprint density at radius 3 is 2.97 bits per heavy atom. The molecule has 5 rings (SSSR count). The van der Waals surface area contributed by atoms with E-state index in [0.29, 0.717) is 17.4 Å². The normalized spacial score (nSPS) is 14.9. The lowest BCUT2D eigenvalue weighted by molar-refractivity contribution is 0.242. The van der Waals surface area contributed by atoms with Gasteiger partial charge in [-0.2, -0.15) is 5.26 Å². The van der Waals surface area contributed by atoms with E-state index >= 15 is 0 Å². The first-order valence-electron chi connectivity index (χ1n) is 11.1. The molecule has 1 atom stereocenters. The third kappa shape index (κ3) is 4.40. The average molecular weight is 456 g/mol. The van der Waals surface area contributed by atoms with Crippen molar-refractivity contribution in [2.75, 3.05) is 0 Å². The molecule has 2 aromatic heterocycles. The molecule has 0 amide bonds. The summed E-state index contributed by atoms with van der Waals surface area (Å²) in [5, 5.41) is 14.1. The monoisotopic (exact) mass is 455 g/mol. The van der Waals surface area contributed by atoms with Crippen LogP contribution in [-0.2, 0) is 13.0 Å². The van der Waals surface area contributed by atoms with Crippen molar-refractivity contribution in [3.8, 4) is 32.8 Å². The molecule has 2 aromatic carbocycles. The third-order valence-corrected chi connectivity index (χ3v) is 6.90. The van der Waals surface area contributed by atoms with Gasteiger partial charge in [0.05, 0.1) is 23.1 Å². The van der Waals surface area contributed by atoms with Crippen LogP contribution in [-0.4, -0.2) is 21.1 Å². The standard InChI is InChI=1S/C26H25N5OS/c1-16(2)32-23-9-6-17(12-18(23)13-27)26-31-14-24(33-26)21-5-3-4-20-19(21)7-8-22(20)30-15-25-28-10-11-29-25/h3-6,9-12,14,16,22,30H,7-8,15H2,1-2H3,(H,28,29). The number of aromatic amines is 1. The number of H-pyrrole nitrogens is 1. The maximum Gasteiger partial charge on any atom is 0.137 e. The van der Waals surface area contributed by atoms with Crippen molar-refractivity contribution in [1.29, 1.82) is 5.26 Å². The highest BCUT2D eigenvalue weighted by Crippen LogP contribution is 2.41. The molecule has 2 heterocycles. The first-order valence-corrected chi connectivity index (χ1v) is 11.9. The number of nitrogens with one attached hydrogen (secondary N) is 2. The molecule has 0 radical (unpaired) electrons. The van der Waals surface area contributed by atoms with E-state index in [-0.39, 0.29) is 6.10 Å². The van der Waals surface area contributed by atoms with E-state index < -0.39 is 0 Å². The number of rotatable bonds is 7. The van der Waals surface area contributed by atoms with Gasteiger partial charge in [-0.3, -0.25) is 0 Å². The largest absolute Gasteiger partial charge is 0.490 e. The van der Waals surface area contributed by atoms with Gasteiger partial charge in [0.1, 0.15) is 22.7 Å². The highest BCUT2D eigenvalue weighted by molar-refractivity contribution is 7.18. The Kier molecular flexibility index (Phi) is 5.95. The topological polar surface area (TPSA) is 86.6 Å². The molecule has 7 heteroatoms. The molecular formula is C26H25N5OS. The van der Waals surface area contributed by atoms with Crippen LogP contribution in [0.2, 0.25) is 0 Å². The number of nitriles is 1. The van der Waals surface area contributed by atoms with Gasteiger partial charge in [0.15, 0.2) is 0 Å². The molecule has 4 aromatic rings. The second-order valence-corrected chi connectivity index (χ2v) is 9.43. The number of thiazole rings is 1. The van der Waals surface area contributed by atoms with Crippen LogP contribution in [0.4, 0.5) is 0 Å². The van der Waals surface area contributed by atoms with Gasteiger partial charge in [0.2, 0.25) is 0 Å². The molecule has 0 aliphatic heterocycles. The van der Waals surface area contributed by atoms with E-state index in [1.807, 2.05) is 44.4 Å². The molecule has 0 spiro atoms. The Morgan fingerprint density at radius 2 is 2.18 bits per heavy atom. The van der Waals surface area contributed by atoms with E-state index in [4.69, 9.17) is 4.74 Å².